The Bertz CT molecular complexity index is 2010. The molecule has 16 nitrogen and oxygen atoms in total. The van der Waals surface area contributed by atoms with E-state index in [1.165, 1.54) is 24.3 Å². The van der Waals surface area contributed by atoms with Crippen LogP contribution in [0, 0.1) is 5.92 Å². The monoisotopic (exact) mass is 705 g/mol. The van der Waals surface area contributed by atoms with E-state index in [0.717, 1.165) is 16.1 Å². The van der Waals surface area contributed by atoms with E-state index in [2.05, 4.69) is 31.4 Å². The molecular formula is C33H35N7O9S. The zero-order valence-corrected chi connectivity index (χ0v) is 28.0. The van der Waals surface area contributed by atoms with E-state index in [1.54, 1.807) is 12.1 Å². The predicted octanol–water partition coefficient (Wildman–Crippen LogP) is 2.17. The van der Waals surface area contributed by atoms with Gasteiger partial charge in [0.2, 0.25) is 21.8 Å². The average molecular weight is 706 g/mol. The summed E-state index contributed by atoms with van der Waals surface area (Å²) in [5.41, 5.74) is 0.734. The molecule has 4 bridgehead atoms. The molecule has 262 valence electrons. The number of anilines is 1. The summed E-state index contributed by atoms with van der Waals surface area (Å²) in [4.78, 5) is 56.3. The maximum absolute atomic E-state index is 14.0. The van der Waals surface area contributed by atoms with Crippen LogP contribution in [0.3, 0.4) is 0 Å². The lowest BCUT2D eigenvalue weighted by atomic mass is 10.0. The van der Waals surface area contributed by atoms with Crippen molar-refractivity contribution in [1.29, 1.82) is 0 Å². The van der Waals surface area contributed by atoms with Crippen LogP contribution < -0.4 is 26.0 Å². The van der Waals surface area contributed by atoms with Gasteiger partial charge in [-0.3, -0.25) is 19.2 Å². The number of oxazole rings is 1. The first-order valence-corrected chi connectivity index (χ1v) is 17.3. The summed E-state index contributed by atoms with van der Waals surface area (Å²) >= 11 is 0. The van der Waals surface area contributed by atoms with Crippen molar-refractivity contribution in [3.05, 3.63) is 89.5 Å². The number of carbonyl (C=O) groups excluding carboxylic acids is 4. The standard InChI is InChI=1S/C33H35N7O9S/c1-19(2)12-26-33-38-27(17-48-33)32(44)36-24(13-20-6-4-3-5-7-20)30(42)34-10-11-40(16-21-14-25(39-49-21)31(43)37-26)50(45,46)22-8-9-28-23(15-22)35-29(41)18-47-28/h3-9,14-15,17,19,24,26H,10-13,16,18H2,1-2H3,(H,34,42)(H,35,41)(H,36,44)(H,37,43)/t24-,26+/m0/s1. The molecule has 4 amide bonds. The Hall–Kier alpha value is -5.55. The number of amides is 4. The van der Waals surface area contributed by atoms with Gasteiger partial charge in [-0.2, -0.15) is 4.31 Å². The van der Waals surface area contributed by atoms with Gasteiger partial charge in [0, 0.05) is 25.6 Å². The molecule has 0 unspecified atom stereocenters. The van der Waals surface area contributed by atoms with Crippen molar-refractivity contribution in [2.45, 2.75) is 50.2 Å². The highest BCUT2D eigenvalue weighted by Crippen LogP contribution is 2.32. The molecule has 4 heterocycles. The maximum atomic E-state index is 14.0. The second-order valence-electron chi connectivity index (χ2n) is 12.2. The van der Waals surface area contributed by atoms with Crippen molar-refractivity contribution >= 4 is 39.3 Å². The van der Waals surface area contributed by atoms with Crippen molar-refractivity contribution in [2.75, 3.05) is 25.0 Å². The fourth-order valence-electron chi connectivity index (χ4n) is 5.52. The Morgan fingerprint density at radius 3 is 2.50 bits per heavy atom. The second-order valence-corrected chi connectivity index (χ2v) is 14.2. The summed E-state index contributed by atoms with van der Waals surface area (Å²) < 4.78 is 45.5. The molecule has 0 radical (unpaired) electrons. The summed E-state index contributed by atoms with van der Waals surface area (Å²) in [6.07, 6.45) is 1.68. The molecule has 6 rings (SSSR count). The van der Waals surface area contributed by atoms with E-state index in [9.17, 15) is 27.6 Å². The third-order valence-electron chi connectivity index (χ3n) is 7.98. The number of nitrogens with zero attached hydrogens (tertiary/aromatic N) is 3. The van der Waals surface area contributed by atoms with Gasteiger partial charge in [-0.25, -0.2) is 13.4 Å². The summed E-state index contributed by atoms with van der Waals surface area (Å²) in [6.45, 7) is 2.90. The van der Waals surface area contributed by atoms with Gasteiger partial charge in [0.1, 0.15) is 24.1 Å². The Balaban J connectivity index is 1.34. The van der Waals surface area contributed by atoms with Crippen LogP contribution >= 0.6 is 0 Å². The molecule has 2 aliphatic heterocycles. The SMILES string of the molecule is CC(C)C[C@H]1NC(=O)c2cc(on2)CN(S(=O)(=O)c2ccc3c(c2)NC(=O)CO3)CCNC(=O)[C@H](Cc2ccccc2)NC(=O)c2coc1n2. The van der Waals surface area contributed by atoms with Gasteiger partial charge in [0.15, 0.2) is 23.8 Å². The minimum Gasteiger partial charge on any atom is -0.482 e. The zero-order valence-electron chi connectivity index (χ0n) is 27.2. The largest absolute Gasteiger partial charge is 0.482 e. The molecule has 2 atom stereocenters. The van der Waals surface area contributed by atoms with Crippen molar-refractivity contribution in [3.63, 3.8) is 0 Å². The number of rotatable bonds is 6. The fraction of sp³-hybridized carbons (Fsp3) is 0.333. The third-order valence-corrected chi connectivity index (χ3v) is 9.82. The highest BCUT2D eigenvalue weighted by Gasteiger charge is 2.31. The lowest BCUT2D eigenvalue weighted by Crippen LogP contribution is -2.49. The molecule has 0 fully saturated rings. The Morgan fingerprint density at radius 2 is 1.72 bits per heavy atom. The third kappa shape index (κ3) is 7.84. The number of hydrogen-bond donors (Lipinski definition) is 4. The molecule has 17 heteroatoms. The number of sulfonamides is 1. The van der Waals surface area contributed by atoms with E-state index in [1.807, 2.05) is 32.0 Å². The maximum Gasteiger partial charge on any atom is 0.274 e. The first-order chi connectivity index (χ1) is 24.0. The normalized spacial score (nSPS) is 19.3. The number of carbonyl (C=O) groups is 4. The van der Waals surface area contributed by atoms with Gasteiger partial charge in [-0.1, -0.05) is 49.3 Å². The van der Waals surface area contributed by atoms with E-state index >= 15 is 0 Å². The Kier molecular flexibility index (Phi) is 9.96. The lowest BCUT2D eigenvalue weighted by Gasteiger charge is -2.24. The smallest absolute Gasteiger partial charge is 0.274 e. The van der Waals surface area contributed by atoms with Gasteiger partial charge >= 0.3 is 0 Å². The second kappa shape index (κ2) is 14.5. The predicted molar refractivity (Wildman–Crippen MR) is 175 cm³/mol. The molecule has 4 N–H and O–H groups in total. The first-order valence-electron chi connectivity index (χ1n) is 15.9. The van der Waals surface area contributed by atoms with Crippen molar-refractivity contribution < 1.29 is 41.3 Å². The van der Waals surface area contributed by atoms with Crippen molar-refractivity contribution in [1.82, 2.24) is 30.4 Å². The van der Waals surface area contributed by atoms with Gasteiger partial charge in [-0.05, 0) is 36.1 Å². The fourth-order valence-corrected chi connectivity index (χ4v) is 6.95. The van der Waals surface area contributed by atoms with E-state index in [0.29, 0.717) is 12.2 Å². The van der Waals surface area contributed by atoms with E-state index < -0.39 is 45.7 Å². The molecule has 2 aliphatic rings. The highest BCUT2D eigenvalue weighted by molar-refractivity contribution is 7.89. The highest BCUT2D eigenvalue weighted by atomic mass is 32.2. The molecule has 0 aliphatic carbocycles. The number of ether oxygens (including phenoxy) is 1. The quantitative estimate of drug-likeness (QED) is 0.228. The molecular weight excluding hydrogens is 670 g/mol. The van der Waals surface area contributed by atoms with E-state index in [4.69, 9.17) is 13.7 Å². The van der Waals surface area contributed by atoms with Crippen LogP contribution in [-0.2, 0) is 32.6 Å². The summed E-state index contributed by atoms with van der Waals surface area (Å²) in [5, 5.41) is 14.7. The topological polar surface area (TPSA) is 215 Å². The first kappa shape index (κ1) is 34.3. The van der Waals surface area contributed by atoms with Gasteiger partial charge < -0.3 is 34.9 Å². The van der Waals surface area contributed by atoms with Crippen LogP contribution in [0.15, 0.2) is 74.7 Å². The van der Waals surface area contributed by atoms with Crippen LogP contribution in [0.25, 0.3) is 0 Å². The molecule has 2 aromatic carbocycles. The van der Waals surface area contributed by atoms with E-state index in [-0.39, 0.29) is 72.2 Å². The average Bonchev–Trinajstić information content (AvgIpc) is 3.77. The number of hydrogen-bond acceptors (Lipinski definition) is 11. The van der Waals surface area contributed by atoms with Crippen LogP contribution in [0.5, 0.6) is 5.75 Å². The van der Waals surface area contributed by atoms with Gasteiger partial charge in [0.05, 0.1) is 17.1 Å². The molecule has 0 spiro atoms. The van der Waals surface area contributed by atoms with Crippen LogP contribution in [0.4, 0.5) is 5.69 Å². The Morgan fingerprint density at radius 1 is 0.960 bits per heavy atom. The van der Waals surface area contributed by atoms with Gasteiger partial charge in [-0.15, -0.1) is 0 Å². The Labute approximate surface area is 287 Å². The summed E-state index contributed by atoms with van der Waals surface area (Å²) in [5.74, 6) is -1.80. The molecule has 4 aromatic rings. The van der Waals surface area contributed by atoms with Crippen LogP contribution in [0.2, 0.25) is 0 Å². The summed E-state index contributed by atoms with van der Waals surface area (Å²) in [7, 11) is -4.30. The van der Waals surface area contributed by atoms with Crippen molar-refractivity contribution in [2.24, 2.45) is 5.92 Å². The van der Waals surface area contributed by atoms with Crippen LogP contribution in [0.1, 0.15) is 64.5 Å². The van der Waals surface area contributed by atoms with Crippen LogP contribution in [-0.4, -0.2) is 72.2 Å². The number of fused-ring (bicyclic) bond motifs is 5. The molecule has 0 saturated carbocycles. The number of benzene rings is 2. The lowest BCUT2D eigenvalue weighted by molar-refractivity contribution is -0.123. The van der Waals surface area contributed by atoms with Gasteiger partial charge in [0.25, 0.3) is 17.7 Å². The number of aromatic nitrogens is 2. The molecule has 0 saturated heterocycles. The molecule has 2 aromatic heterocycles. The minimum absolute atomic E-state index is 0.0498. The van der Waals surface area contributed by atoms with Crippen molar-refractivity contribution in [3.8, 4) is 5.75 Å². The zero-order chi connectivity index (χ0) is 35.4. The summed E-state index contributed by atoms with van der Waals surface area (Å²) in [6, 6.07) is 12.6. The minimum atomic E-state index is -4.30. The number of nitrogens with one attached hydrogen (secondary N) is 4. The molecule has 50 heavy (non-hydrogen) atoms.